The van der Waals surface area contributed by atoms with Crippen molar-refractivity contribution < 1.29 is 9.47 Å². The minimum absolute atomic E-state index is 0.250. The van der Waals surface area contributed by atoms with E-state index in [0.717, 1.165) is 15.6 Å². The molecule has 0 saturated heterocycles. The minimum atomic E-state index is -0.550. The number of benzene rings is 2. The SMILES string of the molecule is CCOc1cc(/C=N/Nc2cn[nH]c(=O)n2)ccc1OCc1ccc(Br)cc1. The number of aromatic amines is 1. The number of hydrazone groups is 1. The van der Waals surface area contributed by atoms with Crippen molar-refractivity contribution >= 4 is 28.0 Å². The Labute approximate surface area is 169 Å². The first-order chi connectivity index (χ1) is 13.6. The van der Waals surface area contributed by atoms with Gasteiger partial charge in [0.15, 0.2) is 17.3 Å². The predicted octanol–water partition coefficient (Wildman–Crippen LogP) is 3.35. The number of H-pyrrole nitrogens is 1. The number of aromatic nitrogens is 3. The third-order valence-corrected chi connectivity index (χ3v) is 4.07. The molecule has 0 unspecified atom stereocenters. The highest BCUT2D eigenvalue weighted by Crippen LogP contribution is 2.29. The summed E-state index contributed by atoms with van der Waals surface area (Å²) in [6.07, 6.45) is 2.95. The molecule has 2 N–H and O–H groups in total. The molecule has 1 heterocycles. The van der Waals surface area contributed by atoms with Crippen LogP contribution in [0.2, 0.25) is 0 Å². The molecule has 0 bridgehead atoms. The van der Waals surface area contributed by atoms with E-state index < -0.39 is 5.69 Å². The molecule has 0 atom stereocenters. The van der Waals surface area contributed by atoms with E-state index in [9.17, 15) is 4.79 Å². The summed E-state index contributed by atoms with van der Waals surface area (Å²) in [4.78, 5) is 14.8. The molecule has 0 spiro atoms. The monoisotopic (exact) mass is 443 g/mol. The van der Waals surface area contributed by atoms with Gasteiger partial charge in [-0.3, -0.25) is 5.43 Å². The second kappa shape index (κ2) is 9.65. The average molecular weight is 444 g/mol. The van der Waals surface area contributed by atoms with Gasteiger partial charge in [-0.15, -0.1) is 0 Å². The number of ether oxygens (including phenoxy) is 2. The molecular formula is C19H18BrN5O3. The zero-order valence-corrected chi connectivity index (χ0v) is 16.6. The van der Waals surface area contributed by atoms with Gasteiger partial charge in [-0.05, 0) is 48.4 Å². The van der Waals surface area contributed by atoms with Crippen molar-refractivity contribution in [3.63, 3.8) is 0 Å². The van der Waals surface area contributed by atoms with Gasteiger partial charge in [-0.2, -0.15) is 15.2 Å². The molecule has 0 saturated carbocycles. The van der Waals surface area contributed by atoms with E-state index in [1.54, 1.807) is 6.21 Å². The summed E-state index contributed by atoms with van der Waals surface area (Å²) in [5.41, 5.74) is 3.95. The van der Waals surface area contributed by atoms with Crippen LogP contribution in [0.25, 0.3) is 0 Å². The topological polar surface area (TPSA) is 101 Å². The molecule has 0 radical (unpaired) electrons. The Hall–Kier alpha value is -3.20. The number of hydrogen-bond donors (Lipinski definition) is 2. The van der Waals surface area contributed by atoms with Crippen LogP contribution in [-0.4, -0.2) is 28.0 Å². The Morgan fingerprint density at radius 3 is 2.75 bits per heavy atom. The number of anilines is 1. The lowest BCUT2D eigenvalue weighted by Crippen LogP contribution is -2.13. The maximum absolute atomic E-state index is 11.1. The molecule has 0 fully saturated rings. The normalized spacial score (nSPS) is 10.8. The first kappa shape index (κ1) is 19.6. The Kier molecular flexibility index (Phi) is 6.74. The van der Waals surface area contributed by atoms with Crippen LogP contribution in [0.5, 0.6) is 11.5 Å². The lowest BCUT2D eigenvalue weighted by atomic mass is 10.2. The van der Waals surface area contributed by atoms with Gasteiger partial charge in [0.1, 0.15) is 6.61 Å². The Bertz CT molecular complexity index is 1000. The molecule has 1 aromatic heterocycles. The van der Waals surface area contributed by atoms with Crippen LogP contribution in [0.4, 0.5) is 5.82 Å². The van der Waals surface area contributed by atoms with Crippen molar-refractivity contribution in [1.29, 1.82) is 0 Å². The number of nitrogens with one attached hydrogen (secondary N) is 2. The molecule has 3 aromatic rings. The highest BCUT2D eigenvalue weighted by atomic mass is 79.9. The zero-order valence-electron chi connectivity index (χ0n) is 15.1. The molecule has 144 valence electrons. The fraction of sp³-hybridized carbons (Fsp3) is 0.158. The summed E-state index contributed by atoms with van der Waals surface area (Å²) >= 11 is 3.42. The molecule has 0 aliphatic rings. The third-order valence-electron chi connectivity index (χ3n) is 3.54. The smallest absolute Gasteiger partial charge is 0.363 e. The van der Waals surface area contributed by atoms with Crippen molar-refractivity contribution in [2.75, 3.05) is 12.0 Å². The summed E-state index contributed by atoms with van der Waals surface area (Å²) in [5.74, 6) is 1.52. The van der Waals surface area contributed by atoms with Crippen molar-refractivity contribution in [2.24, 2.45) is 5.10 Å². The first-order valence-corrected chi connectivity index (χ1v) is 9.28. The van der Waals surface area contributed by atoms with E-state index in [1.165, 1.54) is 6.20 Å². The van der Waals surface area contributed by atoms with Gasteiger partial charge in [-0.1, -0.05) is 28.1 Å². The quantitative estimate of drug-likeness (QED) is 0.408. The summed E-state index contributed by atoms with van der Waals surface area (Å²) < 4.78 is 12.6. The standard InChI is InChI=1S/C19H18BrN5O3/c1-2-27-17-9-14(10-21-24-18-11-22-25-19(26)23-18)5-8-16(17)28-12-13-3-6-15(20)7-4-13/h3-11H,2,12H2,1H3,(H2,23,24,25,26)/b21-10+. The zero-order chi connectivity index (χ0) is 19.8. The van der Waals surface area contributed by atoms with E-state index in [2.05, 4.69) is 41.6 Å². The molecule has 0 aliphatic carbocycles. The first-order valence-electron chi connectivity index (χ1n) is 8.49. The van der Waals surface area contributed by atoms with Crippen LogP contribution < -0.4 is 20.6 Å². The molecule has 0 amide bonds. The molecule has 0 aliphatic heterocycles. The van der Waals surface area contributed by atoms with Crippen molar-refractivity contribution in [3.05, 3.63) is 74.7 Å². The average Bonchev–Trinajstić information content (AvgIpc) is 2.69. The maximum Gasteiger partial charge on any atom is 0.363 e. The van der Waals surface area contributed by atoms with Crippen LogP contribution in [0, 0.1) is 0 Å². The molecular weight excluding hydrogens is 426 g/mol. The number of nitrogens with zero attached hydrogens (tertiary/aromatic N) is 3. The second-order valence-corrected chi connectivity index (χ2v) is 6.51. The van der Waals surface area contributed by atoms with Gasteiger partial charge >= 0.3 is 5.69 Å². The largest absolute Gasteiger partial charge is 0.490 e. The van der Waals surface area contributed by atoms with Crippen molar-refractivity contribution in [3.8, 4) is 11.5 Å². The van der Waals surface area contributed by atoms with Gasteiger partial charge < -0.3 is 9.47 Å². The lowest BCUT2D eigenvalue weighted by molar-refractivity contribution is 0.269. The van der Waals surface area contributed by atoms with Crippen LogP contribution in [-0.2, 0) is 6.61 Å². The fourth-order valence-electron chi connectivity index (χ4n) is 2.27. The van der Waals surface area contributed by atoms with Crippen molar-refractivity contribution in [2.45, 2.75) is 13.5 Å². The summed E-state index contributed by atoms with van der Waals surface area (Å²) in [6, 6.07) is 13.4. The van der Waals surface area contributed by atoms with Crippen LogP contribution in [0.1, 0.15) is 18.1 Å². The fourth-order valence-corrected chi connectivity index (χ4v) is 2.54. The molecule has 2 aromatic carbocycles. The van der Waals surface area contributed by atoms with Gasteiger partial charge in [0.05, 0.1) is 19.0 Å². The van der Waals surface area contributed by atoms with Crippen LogP contribution in [0.3, 0.4) is 0 Å². The van der Waals surface area contributed by atoms with E-state index in [0.29, 0.717) is 24.7 Å². The molecule has 8 nitrogen and oxygen atoms in total. The van der Waals surface area contributed by atoms with Gasteiger partial charge in [0.2, 0.25) is 0 Å². The highest BCUT2D eigenvalue weighted by molar-refractivity contribution is 9.10. The van der Waals surface area contributed by atoms with E-state index in [4.69, 9.17) is 9.47 Å². The highest BCUT2D eigenvalue weighted by Gasteiger charge is 2.07. The molecule has 9 heteroatoms. The van der Waals surface area contributed by atoms with Gasteiger partial charge in [0.25, 0.3) is 0 Å². The third kappa shape index (κ3) is 5.65. The Balaban J connectivity index is 1.68. The lowest BCUT2D eigenvalue weighted by Gasteiger charge is -2.12. The Morgan fingerprint density at radius 2 is 2.00 bits per heavy atom. The number of halogens is 1. The van der Waals surface area contributed by atoms with E-state index in [-0.39, 0.29) is 5.82 Å². The van der Waals surface area contributed by atoms with Gasteiger partial charge in [0, 0.05) is 4.47 Å². The van der Waals surface area contributed by atoms with E-state index >= 15 is 0 Å². The number of hydrogen-bond acceptors (Lipinski definition) is 7. The summed E-state index contributed by atoms with van der Waals surface area (Å²) in [6.45, 7) is 2.85. The maximum atomic E-state index is 11.1. The molecule has 3 rings (SSSR count). The Morgan fingerprint density at radius 1 is 1.18 bits per heavy atom. The van der Waals surface area contributed by atoms with E-state index in [1.807, 2.05) is 49.4 Å². The van der Waals surface area contributed by atoms with Crippen LogP contribution >= 0.6 is 15.9 Å². The van der Waals surface area contributed by atoms with Gasteiger partial charge in [-0.25, -0.2) is 9.89 Å². The van der Waals surface area contributed by atoms with Crippen LogP contribution in [0.15, 0.2) is 63.0 Å². The van der Waals surface area contributed by atoms with Crippen molar-refractivity contribution in [1.82, 2.24) is 15.2 Å². The summed E-state index contributed by atoms with van der Waals surface area (Å²) in [7, 11) is 0. The number of rotatable bonds is 8. The minimum Gasteiger partial charge on any atom is -0.490 e. The molecule has 28 heavy (non-hydrogen) atoms. The summed E-state index contributed by atoms with van der Waals surface area (Å²) in [5, 5.41) is 9.88. The predicted molar refractivity (Wildman–Crippen MR) is 110 cm³/mol. The second-order valence-electron chi connectivity index (χ2n) is 5.60.